The predicted octanol–water partition coefficient (Wildman–Crippen LogP) is 4.13. The summed E-state index contributed by atoms with van der Waals surface area (Å²) in [4.78, 5) is 32.4. The first-order chi connectivity index (χ1) is 18.4. The molecule has 5 aromatic rings. The van der Waals surface area contributed by atoms with Crippen LogP contribution in [-0.4, -0.2) is 49.4 Å². The maximum atomic E-state index is 14.9. The van der Waals surface area contributed by atoms with E-state index in [4.69, 9.17) is 0 Å². The van der Waals surface area contributed by atoms with Gasteiger partial charge in [0, 0.05) is 30.9 Å². The second-order valence-corrected chi connectivity index (χ2v) is 10.2. The first kappa shape index (κ1) is 23.9. The minimum absolute atomic E-state index is 0.0475. The smallest absolute Gasteiger partial charge is 0.287 e. The summed E-state index contributed by atoms with van der Waals surface area (Å²) in [5, 5.41) is 17.0. The van der Waals surface area contributed by atoms with E-state index in [-0.39, 0.29) is 11.4 Å². The third kappa shape index (κ3) is 4.44. The maximum Gasteiger partial charge on any atom is 0.287 e. The monoisotopic (exact) mass is 530 g/mol. The zero-order valence-electron chi connectivity index (χ0n) is 20.6. The van der Waals surface area contributed by atoms with Crippen molar-refractivity contribution < 1.29 is 9.18 Å². The molecule has 0 bridgehead atoms. The molecule has 12 heteroatoms. The molecule has 192 valence electrons. The predicted molar refractivity (Wildman–Crippen MR) is 144 cm³/mol. The molecular weight excluding hydrogens is 507 g/mol. The number of carbonyl (C=O) groups is 1. The van der Waals surface area contributed by atoms with Crippen molar-refractivity contribution in [1.29, 1.82) is 0 Å². The Labute approximate surface area is 220 Å². The molecule has 0 fully saturated rings. The number of benzene rings is 1. The first-order valence-electron chi connectivity index (χ1n) is 11.9. The van der Waals surface area contributed by atoms with Gasteiger partial charge in [0.2, 0.25) is 0 Å². The molecule has 0 saturated heterocycles. The number of pyridine rings is 1. The van der Waals surface area contributed by atoms with Crippen LogP contribution < -0.4 is 16.2 Å². The van der Waals surface area contributed by atoms with Crippen molar-refractivity contribution in [1.82, 2.24) is 29.9 Å². The van der Waals surface area contributed by atoms with Gasteiger partial charge >= 0.3 is 0 Å². The Kier molecular flexibility index (Phi) is 5.97. The van der Waals surface area contributed by atoms with E-state index in [1.807, 2.05) is 23.9 Å². The summed E-state index contributed by atoms with van der Waals surface area (Å²) in [7, 11) is 2.05. The van der Waals surface area contributed by atoms with E-state index >= 15 is 0 Å². The topological polar surface area (TPSA) is 121 Å². The number of thiophene rings is 1. The van der Waals surface area contributed by atoms with Crippen LogP contribution in [0.15, 0.2) is 53.5 Å². The first-order valence-corrected chi connectivity index (χ1v) is 12.7. The van der Waals surface area contributed by atoms with E-state index in [9.17, 15) is 14.0 Å². The largest absolute Gasteiger partial charge is 0.334 e. The normalized spacial score (nSPS) is 13.4. The summed E-state index contributed by atoms with van der Waals surface area (Å²) in [6, 6.07) is 11.7. The van der Waals surface area contributed by atoms with Gasteiger partial charge in [0.25, 0.3) is 11.5 Å². The van der Waals surface area contributed by atoms with Crippen molar-refractivity contribution in [3.05, 3.63) is 81.0 Å². The number of likely N-dealkylation sites (N-methyl/N-ethyl adjacent to an activating group) is 1. The molecule has 0 atom stereocenters. The lowest BCUT2D eigenvalue weighted by Crippen LogP contribution is -2.30. The molecule has 1 aliphatic heterocycles. The molecule has 0 unspecified atom stereocenters. The Balaban J connectivity index is 1.29. The van der Waals surface area contributed by atoms with E-state index in [2.05, 4.69) is 35.8 Å². The van der Waals surface area contributed by atoms with Crippen molar-refractivity contribution in [2.75, 3.05) is 24.2 Å². The number of amides is 1. The van der Waals surface area contributed by atoms with E-state index in [0.29, 0.717) is 33.0 Å². The zero-order chi connectivity index (χ0) is 26.4. The molecule has 1 aromatic carbocycles. The Hall–Kier alpha value is -4.42. The molecular formula is C26H23FN8O2S. The van der Waals surface area contributed by atoms with Gasteiger partial charge in [-0.25, -0.2) is 9.49 Å². The number of rotatable bonds is 5. The van der Waals surface area contributed by atoms with Crippen molar-refractivity contribution in [3.8, 4) is 11.3 Å². The number of hydrogen-bond acceptors (Lipinski definition) is 8. The van der Waals surface area contributed by atoms with Crippen LogP contribution >= 0.6 is 11.3 Å². The quantitative estimate of drug-likeness (QED) is 0.312. The summed E-state index contributed by atoms with van der Waals surface area (Å²) in [6.07, 6.45) is 1.66. The molecule has 3 N–H and O–H groups in total. The lowest BCUT2D eigenvalue weighted by molar-refractivity contribution is 0.103. The lowest BCUT2D eigenvalue weighted by Gasteiger charge is -2.22. The van der Waals surface area contributed by atoms with Crippen LogP contribution in [-0.2, 0) is 13.1 Å². The van der Waals surface area contributed by atoms with Crippen LogP contribution in [0.1, 0.15) is 20.9 Å². The van der Waals surface area contributed by atoms with Gasteiger partial charge in [-0.3, -0.25) is 24.2 Å². The number of aromatic amines is 1. The van der Waals surface area contributed by atoms with E-state index in [0.717, 1.165) is 30.0 Å². The van der Waals surface area contributed by atoms with Gasteiger partial charge in [0.1, 0.15) is 11.5 Å². The van der Waals surface area contributed by atoms with Crippen LogP contribution in [0.3, 0.4) is 0 Å². The number of carbonyl (C=O) groups excluding carboxylic acids is 1. The molecule has 4 aromatic heterocycles. The summed E-state index contributed by atoms with van der Waals surface area (Å²) in [5.74, 6) is -0.451. The Morgan fingerprint density at radius 2 is 2.05 bits per heavy atom. The fraction of sp³-hybridized carbons (Fsp3) is 0.192. The van der Waals surface area contributed by atoms with Gasteiger partial charge in [-0.15, -0.1) is 11.3 Å². The third-order valence-electron chi connectivity index (χ3n) is 6.49. The molecule has 0 aliphatic carbocycles. The zero-order valence-corrected chi connectivity index (χ0v) is 21.4. The highest BCUT2D eigenvalue weighted by atomic mass is 32.1. The van der Waals surface area contributed by atoms with Crippen LogP contribution in [0.2, 0.25) is 0 Å². The van der Waals surface area contributed by atoms with E-state index in [1.165, 1.54) is 17.4 Å². The number of fused-ring (bicyclic) bond motifs is 2. The maximum absolute atomic E-state index is 14.9. The van der Waals surface area contributed by atoms with Crippen LogP contribution in [0.4, 0.5) is 21.6 Å². The molecule has 0 spiro atoms. The second kappa shape index (κ2) is 9.47. The molecule has 5 heterocycles. The number of anilines is 3. The highest BCUT2D eigenvalue weighted by molar-refractivity contribution is 7.20. The summed E-state index contributed by atoms with van der Waals surface area (Å²) < 4.78 is 17.7. The average molecular weight is 531 g/mol. The van der Waals surface area contributed by atoms with Gasteiger partial charge in [0.15, 0.2) is 5.82 Å². The Morgan fingerprint density at radius 1 is 1.18 bits per heavy atom. The highest BCUT2D eigenvalue weighted by Crippen LogP contribution is 2.32. The molecule has 1 aliphatic rings. The standard InChI is InChI=1S/C26H23FN8O2S/c1-14-16(5-6-17(27)24(14)30-26(37)22-12-19-21(38-22)4-3-7-28-19)18-11-20(25(36)32-31-18)29-23-10-15-13-34(2)8-9-35(15)33-23/h3-7,10-12H,8-9,13H2,1-2H3,(H,30,37)(H,32,36)(H,29,31,33). The molecule has 10 nitrogen and oxygen atoms in total. The molecule has 38 heavy (non-hydrogen) atoms. The Bertz CT molecular complexity index is 1730. The van der Waals surface area contributed by atoms with E-state index in [1.54, 1.807) is 37.4 Å². The number of nitrogens with one attached hydrogen (secondary N) is 3. The Morgan fingerprint density at radius 3 is 2.89 bits per heavy atom. The SMILES string of the molecule is Cc1c(-c2cc(Nc3cc4n(n3)CCN(C)C4)c(=O)[nH]n2)ccc(F)c1NC(=O)c1cc2ncccc2s1. The van der Waals surface area contributed by atoms with Gasteiger partial charge in [-0.2, -0.15) is 10.2 Å². The number of halogens is 1. The van der Waals surface area contributed by atoms with E-state index < -0.39 is 17.3 Å². The van der Waals surface area contributed by atoms with Gasteiger partial charge in [-0.05, 0) is 55.9 Å². The minimum Gasteiger partial charge on any atom is -0.334 e. The second-order valence-electron chi connectivity index (χ2n) is 9.15. The van der Waals surface area contributed by atoms with Crippen LogP contribution in [0.25, 0.3) is 21.5 Å². The number of nitrogens with zero attached hydrogens (tertiary/aromatic N) is 5. The molecule has 1 amide bonds. The molecule has 0 saturated carbocycles. The molecule has 6 rings (SSSR count). The van der Waals surface area contributed by atoms with Gasteiger partial charge < -0.3 is 10.6 Å². The lowest BCUT2D eigenvalue weighted by atomic mass is 10.0. The van der Waals surface area contributed by atoms with Gasteiger partial charge in [-0.1, -0.05) is 0 Å². The number of aromatic nitrogens is 5. The highest BCUT2D eigenvalue weighted by Gasteiger charge is 2.20. The van der Waals surface area contributed by atoms with Crippen molar-refractivity contribution in [3.63, 3.8) is 0 Å². The average Bonchev–Trinajstić information content (AvgIpc) is 3.51. The van der Waals surface area contributed by atoms with Crippen LogP contribution in [0, 0.1) is 12.7 Å². The number of hydrogen-bond donors (Lipinski definition) is 3. The summed E-state index contributed by atoms with van der Waals surface area (Å²) in [6.45, 7) is 4.14. The summed E-state index contributed by atoms with van der Waals surface area (Å²) in [5.41, 5.74) is 3.09. The van der Waals surface area contributed by atoms with Crippen LogP contribution in [0.5, 0.6) is 0 Å². The fourth-order valence-electron chi connectivity index (χ4n) is 4.50. The van der Waals surface area contributed by atoms with Crippen molar-refractivity contribution in [2.24, 2.45) is 0 Å². The minimum atomic E-state index is -0.574. The number of H-pyrrole nitrogens is 1. The summed E-state index contributed by atoms with van der Waals surface area (Å²) >= 11 is 1.28. The molecule has 0 radical (unpaired) electrons. The van der Waals surface area contributed by atoms with Crippen molar-refractivity contribution >= 4 is 44.7 Å². The van der Waals surface area contributed by atoms with Crippen molar-refractivity contribution in [2.45, 2.75) is 20.0 Å². The fourth-order valence-corrected chi connectivity index (χ4v) is 5.41. The third-order valence-corrected chi connectivity index (χ3v) is 7.58. The van der Waals surface area contributed by atoms with Gasteiger partial charge in [0.05, 0.1) is 38.7 Å².